The van der Waals surface area contributed by atoms with E-state index >= 15 is 0 Å². The molecular weight excluding hydrogens is 350 g/mol. The van der Waals surface area contributed by atoms with Crippen molar-refractivity contribution in [1.29, 1.82) is 0 Å². The molecule has 1 aliphatic heterocycles. The molecule has 1 aliphatic rings. The first-order valence-electron chi connectivity index (χ1n) is 9.43. The molecule has 3 aromatic rings. The van der Waals surface area contributed by atoms with Gasteiger partial charge in [0.15, 0.2) is 0 Å². The number of nitrogens with zero attached hydrogens (tertiary/aromatic N) is 3. The van der Waals surface area contributed by atoms with Crippen LogP contribution in [0.2, 0.25) is 0 Å². The molecule has 5 heteroatoms. The molecule has 2 aromatic carbocycles. The van der Waals surface area contributed by atoms with Crippen LogP contribution in [0.15, 0.2) is 72.8 Å². The van der Waals surface area contributed by atoms with Crippen LogP contribution in [-0.4, -0.2) is 29.9 Å². The van der Waals surface area contributed by atoms with E-state index in [1.54, 1.807) is 28.0 Å². The second-order valence-electron chi connectivity index (χ2n) is 6.63. The number of aromatic nitrogens is 1. The number of fused-ring (bicyclic) bond motifs is 1. The highest BCUT2D eigenvalue weighted by Gasteiger charge is 2.27. The average Bonchev–Trinajstić information content (AvgIpc) is 3.19. The molecule has 4 rings (SSSR count). The van der Waals surface area contributed by atoms with Gasteiger partial charge in [-0.25, -0.2) is 4.98 Å². The highest BCUT2D eigenvalue weighted by molar-refractivity contribution is 6.08. The number of benzene rings is 2. The van der Waals surface area contributed by atoms with Crippen molar-refractivity contribution in [2.75, 3.05) is 22.9 Å². The van der Waals surface area contributed by atoms with Gasteiger partial charge in [0, 0.05) is 24.5 Å². The van der Waals surface area contributed by atoms with E-state index in [0.717, 1.165) is 23.4 Å². The number of pyridine rings is 1. The number of carbonyl (C=O) groups is 2. The first-order chi connectivity index (χ1) is 13.7. The standard InChI is InChI=1S/C23H21N3O2/c1-2-25(18-10-4-3-5-11-18)22(27)19-12-8-13-20(24-19)23(28)26-16-15-17-9-6-7-14-21(17)26/h3-14H,2,15-16H2,1H3. The van der Waals surface area contributed by atoms with Gasteiger partial charge < -0.3 is 9.80 Å². The Hall–Kier alpha value is -3.47. The smallest absolute Gasteiger partial charge is 0.276 e. The summed E-state index contributed by atoms with van der Waals surface area (Å²) >= 11 is 0. The molecule has 0 aliphatic carbocycles. The molecule has 0 bridgehead atoms. The number of rotatable bonds is 4. The van der Waals surface area contributed by atoms with Gasteiger partial charge in [-0.15, -0.1) is 0 Å². The maximum absolute atomic E-state index is 13.0. The van der Waals surface area contributed by atoms with Crippen LogP contribution >= 0.6 is 0 Å². The van der Waals surface area contributed by atoms with Crippen LogP contribution < -0.4 is 9.80 Å². The summed E-state index contributed by atoms with van der Waals surface area (Å²) in [5.41, 5.74) is 3.44. The van der Waals surface area contributed by atoms with Gasteiger partial charge in [0.2, 0.25) is 0 Å². The molecule has 1 aromatic heterocycles. The first kappa shape index (κ1) is 17.9. The van der Waals surface area contributed by atoms with Gasteiger partial charge >= 0.3 is 0 Å². The second-order valence-corrected chi connectivity index (χ2v) is 6.63. The lowest BCUT2D eigenvalue weighted by Gasteiger charge is -2.21. The van der Waals surface area contributed by atoms with Crippen molar-refractivity contribution in [1.82, 2.24) is 4.98 Å². The predicted molar refractivity (Wildman–Crippen MR) is 110 cm³/mol. The van der Waals surface area contributed by atoms with Crippen molar-refractivity contribution < 1.29 is 9.59 Å². The fourth-order valence-electron chi connectivity index (χ4n) is 3.55. The van der Waals surface area contributed by atoms with Gasteiger partial charge in [-0.3, -0.25) is 9.59 Å². The summed E-state index contributed by atoms with van der Waals surface area (Å²) in [6.07, 6.45) is 0.832. The van der Waals surface area contributed by atoms with Gasteiger partial charge in [-0.1, -0.05) is 42.5 Å². The maximum atomic E-state index is 13.0. The summed E-state index contributed by atoms with van der Waals surface area (Å²) in [7, 11) is 0. The number of hydrogen-bond donors (Lipinski definition) is 0. The van der Waals surface area contributed by atoms with E-state index in [9.17, 15) is 9.59 Å². The minimum absolute atomic E-state index is 0.178. The molecular formula is C23H21N3O2. The van der Waals surface area contributed by atoms with Crippen LogP contribution in [0.3, 0.4) is 0 Å². The highest BCUT2D eigenvalue weighted by Crippen LogP contribution is 2.28. The van der Waals surface area contributed by atoms with Gasteiger partial charge in [-0.05, 0) is 49.2 Å². The van der Waals surface area contributed by atoms with Crippen molar-refractivity contribution in [3.63, 3.8) is 0 Å². The fourth-order valence-corrected chi connectivity index (χ4v) is 3.55. The van der Waals surface area contributed by atoms with Crippen LogP contribution in [0.4, 0.5) is 11.4 Å². The summed E-state index contributed by atoms with van der Waals surface area (Å²) in [6, 6.07) is 22.4. The number of amides is 2. The third-order valence-corrected chi connectivity index (χ3v) is 4.95. The Morgan fingerprint density at radius 1 is 0.929 bits per heavy atom. The Balaban J connectivity index is 1.61. The van der Waals surface area contributed by atoms with E-state index in [0.29, 0.717) is 13.1 Å². The van der Waals surface area contributed by atoms with E-state index in [1.165, 1.54) is 0 Å². The number of para-hydroxylation sites is 2. The quantitative estimate of drug-likeness (QED) is 0.698. The number of hydrogen-bond acceptors (Lipinski definition) is 3. The molecule has 5 nitrogen and oxygen atoms in total. The Morgan fingerprint density at radius 2 is 1.64 bits per heavy atom. The summed E-state index contributed by atoms with van der Waals surface area (Å²) in [6.45, 7) is 3.06. The molecule has 2 heterocycles. The van der Waals surface area contributed by atoms with Gasteiger partial charge in [-0.2, -0.15) is 0 Å². The van der Waals surface area contributed by atoms with Crippen molar-refractivity contribution in [2.24, 2.45) is 0 Å². The fraction of sp³-hybridized carbons (Fsp3) is 0.174. The van der Waals surface area contributed by atoms with Crippen LogP contribution in [0, 0.1) is 0 Å². The van der Waals surface area contributed by atoms with E-state index in [-0.39, 0.29) is 23.2 Å². The molecule has 0 unspecified atom stereocenters. The van der Waals surface area contributed by atoms with E-state index in [2.05, 4.69) is 4.98 Å². The summed E-state index contributed by atoms with van der Waals surface area (Å²) < 4.78 is 0. The summed E-state index contributed by atoms with van der Waals surface area (Å²) in [5, 5.41) is 0. The number of anilines is 2. The zero-order valence-corrected chi connectivity index (χ0v) is 15.7. The molecule has 0 spiro atoms. The van der Waals surface area contributed by atoms with Crippen molar-refractivity contribution in [3.05, 3.63) is 89.7 Å². The highest BCUT2D eigenvalue weighted by atomic mass is 16.2. The zero-order valence-electron chi connectivity index (χ0n) is 15.7. The van der Waals surface area contributed by atoms with Gasteiger partial charge in [0.05, 0.1) is 0 Å². The normalized spacial score (nSPS) is 12.5. The molecule has 0 fully saturated rings. The third kappa shape index (κ3) is 3.27. The summed E-state index contributed by atoms with van der Waals surface area (Å²) in [4.78, 5) is 33.8. The third-order valence-electron chi connectivity index (χ3n) is 4.95. The minimum Gasteiger partial charge on any atom is -0.307 e. The van der Waals surface area contributed by atoms with Crippen LogP contribution in [0.1, 0.15) is 33.5 Å². The van der Waals surface area contributed by atoms with Crippen LogP contribution in [0.25, 0.3) is 0 Å². The van der Waals surface area contributed by atoms with Crippen molar-refractivity contribution >= 4 is 23.2 Å². The Bertz CT molecular complexity index is 988. The van der Waals surface area contributed by atoms with Crippen molar-refractivity contribution in [3.8, 4) is 0 Å². The van der Waals surface area contributed by atoms with Gasteiger partial charge in [0.25, 0.3) is 11.8 Å². The minimum atomic E-state index is -0.217. The second kappa shape index (κ2) is 7.64. The molecule has 0 radical (unpaired) electrons. The van der Waals surface area contributed by atoms with Crippen molar-refractivity contribution in [2.45, 2.75) is 13.3 Å². The van der Waals surface area contributed by atoms with Crippen LogP contribution in [-0.2, 0) is 6.42 Å². The molecule has 140 valence electrons. The lowest BCUT2D eigenvalue weighted by atomic mass is 10.2. The first-order valence-corrected chi connectivity index (χ1v) is 9.43. The van der Waals surface area contributed by atoms with Gasteiger partial charge in [0.1, 0.15) is 11.4 Å². The Kier molecular flexibility index (Phi) is 4.89. The molecule has 28 heavy (non-hydrogen) atoms. The van der Waals surface area contributed by atoms with E-state index in [1.807, 2.05) is 61.5 Å². The molecule has 0 N–H and O–H groups in total. The lowest BCUT2D eigenvalue weighted by Crippen LogP contribution is -2.33. The molecule has 0 saturated carbocycles. The zero-order chi connectivity index (χ0) is 19.5. The average molecular weight is 371 g/mol. The maximum Gasteiger partial charge on any atom is 0.276 e. The topological polar surface area (TPSA) is 53.5 Å². The lowest BCUT2D eigenvalue weighted by molar-refractivity contribution is 0.0980. The van der Waals surface area contributed by atoms with E-state index in [4.69, 9.17) is 0 Å². The molecule has 0 atom stereocenters. The Morgan fingerprint density at radius 3 is 2.43 bits per heavy atom. The van der Waals surface area contributed by atoms with E-state index < -0.39 is 0 Å². The van der Waals surface area contributed by atoms with Crippen LogP contribution in [0.5, 0.6) is 0 Å². The predicted octanol–water partition coefficient (Wildman–Crippen LogP) is 3.95. The molecule has 0 saturated heterocycles. The Labute approximate surface area is 164 Å². The monoisotopic (exact) mass is 371 g/mol. The number of carbonyl (C=O) groups excluding carboxylic acids is 2. The summed E-state index contributed by atoms with van der Waals surface area (Å²) in [5.74, 6) is -0.396. The SMILES string of the molecule is CCN(C(=O)c1cccc(C(=O)N2CCc3ccccc32)n1)c1ccccc1. The largest absolute Gasteiger partial charge is 0.307 e. The molecule has 2 amide bonds.